The van der Waals surface area contributed by atoms with Crippen molar-refractivity contribution in [3.05, 3.63) is 35.4 Å². The Kier molecular flexibility index (Phi) is 4.18. The van der Waals surface area contributed by atoms with Crippen molar-refractivity contribution in [1.29, 1.82) is 0 Å². The van der Waals surface area contributed by atoms with Crippen LogP contribution in [0.25, 0.3) is 0 Å². The minimum Gasteiger partial charge on any atom is -0.598 e. The minimum absolute atomic E-state index is 0.245. The van der Waals surface area contributed by atoms with Crippen molar-refractivity contribution in [3.63, 3.8) is 0 Å². The maximum Gasteiger partial charge on any atom is 0.136 e. The lowest BCUT2D eigenvalue weighted by atomic mass is 10.0. The molecule has 0 amide bonds. The Morgan fingerprint density at radius 2 is 1.74 bits per heavy atom. The average Bonchev–Trinajstić information content (AvgIpc) is 3.06. The summed E-state index contributed by atoms with van der Waals surface area (Å²) < 4.78 is 41.4. The zero-order valence-corrected chi connectivity index (χ0v) is 12.2. The molecule has 1 N–H and O–H groups in total. The molecule has 106 valence electrons. The van der Waals surface area contributed by atoms with E-state index in [4.69, 9.17) is 0 Å². The van der Waals surface area contributed by atoms with Crippen molar-refractivity contribution in [3.8, 4) is 0 Å². The predicted octanol–water partition coefficient (Wildman–Crippen LogP) is 3.47. The Labute approximate surface area is 115 Å². The fraction of sp³-hybridized carbons (Fsp3) is 0.571. The summed E-state index contributed by atoms with van der Waals surface area (Å²) in [6.07, 6.45) is 1.99. The molecule has 0 spiro atoms. The fourth-order valence-electron chi connectivity index (χ4n) is 1.91. The third kappa shape index (κ3) is 3.91. The first-order valence-electron chi connectivity index (χ1n) is 6.41. The first-order valence-corrected chi connectivity index (χ1v) is 7.56. The second-order valence-corrected chi connectivity index (χ2v) is 8.01. The predicted molar refractivity (Wildman–Crippen MR) is 72.9 cm³/mol. The van der Waals surface area contributed by atoms with Gasteiger partial charge in [-0.2, -0.15) is 0 Å². The summed E-state index contributed by atoms with van der Waals surface area (Å²) in [6, 6.07) is 3.25. The van der Waals surface area contributed by atoms with Gasteiger partial charge >= 0.3 is 0 Å². The molecule has 0 saturated heterocycles. The highest BCUT2D eigenvalue weighted by Crippen LogP contribution is 2.42. The zero-order chi connectivity index (χ0) is 14.2. The van der Waals surface area contributed by atoms with E-state index in [0.717, 1.165) is 18.9 Å². The molecule has 0 aromatic heterocycles. The summed E-state index contributed by atoms with van der Waals surface area (Å²) in [7, 11) is 0. The molecule has 2 atom stereocenters. The van der Waals surface area contributed by atoms with Gasteiger partial charge in [0, 0.05) is 17.4 Å². The van der Waals surface area contributed by atoms with Gasteiger partial charge in [-0.05, 0) is 57.2 Å². The van der Waals surface area contributed by atoms with Crippen molar-refractivity contribution in [2.24, 2.45) is 5.92 Å². The SMILES string of the molecule is CC(C)(C)[S+]([O-])N[C@@H](c1cc(F)cc(F)c1)C1CC1. The molecular formula is C14H19F2NOS. The molecule has 2 rings (SSSR count). The first kappa shape index (κ1) is 14.8. The van der Waals surface area contributed by atoms with Gasteiger partial charge in [0.2, 0.25) is 0 Å². The first-order chi connectivity index (χ1) is 8.77. The summed E-state index contributed by atoms with van der Waals surface area (Å²) in [4.78, 5) is 0. The van der Waals surface area contributed by atoms with Gasteiger partial charge in [-0.3, -0.25) is 0 Å². The molecular weight excluding hydrogens is 268 g/mol. The standard InChI is InChI=1S/C14H19F2NOS/c1-14(2,3)19(18)17-13(9-4-5-9)10-6-11(15)8-12(16)7-10/h6-9,13,17H,4-5H2,1-3H3/t13-,19?/m1/s1. The molecule has 1 aliphatic carbocycles. The number of nitrogens with one attached hydrogen (secondary N) is 1. The molecule has 5 heteroatoms. The van der Waals surface area contributed by atoms with Crippen LogP contribution in [0, 0.1) is 17.6 Å². The number of rotatable bonds is 4. The van der Waals surface area contributed by atoms with Gasteiger partial charge in [-0.15, -0.1) is 4.72 Å². The van der Waals surface area contributed by atoms with Crippen LogP contribution in [0.15, 0.2) is 18.2 Å². The lowest BCUT2D eigenvalue weighted by Crippen LogP contribution is -2.41. The van der Waals surface area contributed by atoms with Crippen molar-refractivity contribution < 1.29 is 13.3 Å². The normalized spacial score (nSPS) is 19.3. The molecule has 0 radical (unpaired) electrons. The molecule has 1 unspecified atom stereocenters. The van der Waals surface area contributed by atoms with Crippen molar-refractivity contribution >= 4 is 11.4 Å². The van der Waals surface area contributed by atoms with Crippen LogP contribution in [0.3, 0.4) is 0 Å². The third-order valence-corrected chi connectivity index (χ3v) is 4.71. The van der Waals surface area contributed by atoms with Crippen LogP contribution in [0.4, 0.5) is 8.78 Å². The van der Waals surface area contributed by atoms with E-state index in [0.29, 0.717) is 11.5 Å². The van der Waals surface area contributed by atoms with Gasteiger partial charge in [0.05, 0.1) is 6.04 Å². The fourth-order valence-corrected chi connectivity index (χ4v) is 2.83. The second-order valence-electron chi connectivity index (χ2n) is 6.02. The van der Waals surface area contributed by atoms with Crippen LogP contribution in [0.1, 0.15) is 45.2 Å². The monoisotopic (exact) mass is 287 g/mol. The number of benzene rings is 1. The third-order valence-electron chi connectivity index (χ3n) is 3.13. The molecule has 0 bridgehead atoms. The Morgan fingerprint density at radius 1 is 1.21 bits per heavy atom. The highest BCUT2D eigenvalue weighted by molar-refractivity contribution is 7.90. The molecule has 2 nitrogen and oxygen atoms in total. The minimum atomic E-state index is -1.26. The van der Waals surface area contributed by atoms with Crippen LogP contribution >= 0.6 is 0 Å². The van der Waals surface area contributed by atoms with Gasteiger partial charge in [0.15, 0.2) is 0 Å². The highest BCUT2D eigenvalue weighted by atomic mass is 32.2. The number of hydrogen-bond donors (Lipinski definition) is 1. The van der Waals surface area contributed by atoms with Crippen LogP contribution < -0.4 is 4.72 Å². The van der Waals surface area contributed by atoms with E-state index < -0.39 is 27.7 Å². The summed E-state index contributed by atoms with van der Waals surface area (Å²) in [5.74, 6) is -0.875. The lowest BCUT2D eigenvalue weighted by Gasteiger charge is -2.28. The van der Waals surface area contributed by atoms with Gasteiger partial charge in [0.25, 0.3) is 0 Å². The van der Waals surface area contributed by atoms with E-state index in [2.05, 4.69) is 4.72 Å². The molecule has 0 aliphatic heterocycles. The van der Waals surface area contributed by atoms with Crippen LogP contribution in [0.2, 0.25) is 0 Å². The molecule has 1 aromatic rings. The Balaban J connectivity index is 2.20. The maximum atomic E-state index is 13.3. The van der Waals surface area contributed by atoms with Gasteiger partial charge in [0.1, 0.15) is 16.4 Å². The Hall–Kier alpha value is -0.650. The average molecular weight is 287 g/mol. The van der Waals surface area contributed by atoms with Crippen LogP contribution in [0.5, 0.6) is 0 Å². The van der Waals surface area contributed by atoms with E-state index in [9.17, 15) is 13.3 Å². The van der Waals surface area contributed by atoms with Crippen molar-refractivity contribution in [1.82, 2.24) is 4.72 Å². The molecule has 0 heterocycles. The summed E-state index contributed by atoms with van der Waals surface area (Å²) in [6.45, 7) is 5.60. The molecule has 1 aromatic carbocycles. The molecule has 19 heavy (non-hydrogen) atoms. The van der Waals surface area contributed by atoms with Gasteiger partial charge in [-0.25, -0.2) is 8.78 Å². The molecule has 1 fully saturated rings. The molecule has 1 saturated carbocycles. The summed E-state index contributed by atoms with van der Waals surface area (Å²) >= 11 is -1.26. The van der Waals surface area contributed by atoms with E-state index in [1.165, 1.54) is 12.1 Å². The Morgan fingerprint density at radius 3 is 2.16 bits per heavy atom. The van der Waals surface area contributed by atoms with E-state index in [1.807, 2.05) is 20.8 Å². The topological polar surface area (TPSA) is 35.1 Å². The zero-order valence-electron chi connectivity index (χ0n) is 11.4. The van der Waals surface area contributed by atoms with E-state index in [1.54, 1.807) is 0 Å². The summed E-state index contributed by atoms with van der Waals surface area (Å²) in [5, 5.41) is 0. The summed E-state index contributed by atoms with van der Waals surface area (Å²) in [5.41, 5.74) is 0.539. The highest BCUT2D eigenvalue weighted by Gasteiger charge is 2.38. The maximum absolute atomic E-state index is 13.3. The van der Waals surface area contributed by atoms with Gasteiger partial charge < -0.3 is 4.55 Å². The lowest BCUT2D eigenvalue weighted by molar-refractivity contribution is 0.498. The Bertz CT molecular complexity index is 437. The largest absolute Gasteiger partial charge is 0.598 e. The van der Waals surface area contributed by atoms with Gasteiger partial charge in [-0.1, -0.05) is 0 Å². The quantitative estimate of drug-likeness (QED) is 0.861. The van der Waals surface area contributed by atoms with E-state index in [-0.39, 0.29) is 6.04 Å². The number of halogens is 2. The molecule has 1 aliphatic rings. The van der Waals surface area contributed by atoms with E-state index >= 15 is 0 Å². The van der Waals surface area contributed by atoms with Crippen LogP contribution in [-0.2, 0) is 11.4 Å². The number of hydrogen-bond acceptors (Lipinski definition) is 2. The smallest absolute Gasteiger partial charge is 0.136 e. The van der Waals surface area contributed by atoms with Crippen LogP contribution in [-0.4, -0.2) is 9.30 Å². The van der Waals surface area contributed by atoms with Crippen molar-refractivity contribution in [2.45, 2.75) is 44.4 Å². The second kappa shape index (κ2) is 5.38. The van der Waals surface area contributed by atoms with Crippen molar-refractivity contribution in [2.75, 3.05) is 0 Å².